The van der Waals surface area contributed by atoms with E-state index in [2.05, 4.69) is 5.32 Å². The average Bonchev–Trinajstić information content (AvgIpc) is 3.26. The van der Waals surface area contributed by atoms with Gasteiger partial charge in [0, 0.05) is 24.4 Å². The molecule has 0 radical (unpaired) electrons. The predicted octanol–water partition coefficient (Wildman–Crippen LogP) is 1.93. The van der Waals surface area contributed by atoms with Crippen LogP contribution in [0.4, 0.5) is 0 Å². The van der Waals surface area contributed by atoms with E-state index in [4.69, 9.17) is 0 Å². The summed E-state index contributed by atoms with van der Waals surface area (Å²) in [6.45, 7) is 0.564. The van der Waals surface area contributed by atoms with E-state index in [0.717, 1.165) is 57.8 Å². The van der Waals surface area contributed by atoms with Crippen molar-refractivity contribution in [3.05, 3.63) is 0 Å². The summed E-state index contributed by atoms with van der Waals surface area (Å²) in [6.07, 6.45) is 8.79. The molecule has 1 saturated heterocycles. The van der Waals surface area contributed by atoms with Crippen molar-refractivity contribution in [3.8, 4) is 0 Å². The van der Waals surface area contributed by atoms with Gasteiger partial charge in [0.25, 0.3) is 0 Å². The molecule has 1 heterocycles. The van der Waals surface area contributed by atoms with Gasteiger partial charge in [-0.15, -0.1) is 0 Å². The number of hydrogen-bond donors (Lipinski definition) is 2. The molecule has 1 aliphatic heterocycles. The minimum Gasteiger partial charge on any atom is -0.480 e. The molecule has 24 heavy (non-hydrogen) atoms. The fraction of sp³-hybridized carbons (Fsp3) is 0.833. The summed E-state index contributed by atoms with van der Waals surface area (Å²) >= 11 is 0. The highest BCUT2D eigenvalue weighted by atomic mass is 16.4. The van der Waals surface area contributed by atoms with Gasteiger partial charge in [-0.2, -0.15) is 0 Å². The molecule has 0 aromatic rings. The lowest BCUT2D eigenvalue weighted by atomic mass is 9.84. The van der Waals surface area contributed by atoms with Crippen LogP contribution < -0.4 is 5.32 Å². The highest BCUT2D eigenvalue weighted by Crippen LogP contribution is 2.30. The first-order valence-corrected chi connectivity index (χ1v) is 9.40. The maximum atomic E-state index is 12.6. The fourth-order valence-corrected chi connectivity index (χ4v) is 4.51. The Labute approximate surface area is 143 Å². The molecule has 0 unspecified atom stereocenters. The SMILES string of the molecule is O=C(NC1CCC(C(=O)N2CCC[C@@H]2C(=O)O)CC1)C1CCCC1. The lowest BCUT2D eigenvalue weighted by Gasteiger charge is -2.32. The maximum Gasteiger partial charge on any atom is 0.326 e. The number of rotatable bonds is 4. The zero-order chi connectivity index (χ0) is 17.1. The molecule has 1 atom stereocenters. The Bertz CT molecular complexity index is 493. The third-order valence-electron chi connectivity index (χ3n) is 5.97. The maximum absolute atomic E-state index is 12.6. The Morgan fingerprint density at radius 1 is 0.833 bits per heavy atom. The standard InChI is InChI=1S/C18H28N2O4/c21-16(12-4-1-2-5-12)19-14-9-7-13(8-10-14)17(22)20-11-3-6-15(20)18(23)24/h12-15H,1-11H2,(H,19,21)(H,23,24)/t13?,14?,15-/m1/s1. The van der Waals surface area contributed by atoms with Gasteiger partial charge in [0.05, 0.1) is 0 Å². The minimum atomic E-state index is -0.890. The monoisotopic (exact) mass is 336 g/mol. The molecule has 3 fully saturated rings. The molecule has 6 nitrogen and oxygen atoms in total. The minimum absolute atomic E-state index is 0.000435. The number of nitrogens with one attached hydrogen (secondary N) is 1. The smallest absolute Gasteiger partial charge is 0.326 e. The van der Waals surface area contributed by atoms with E-state index in [-0.39, 0.29) is 29.7 Å². The molecule has 0 aromatic heterocycles. The molecule has 3 rings (SSSR count). The van der Waals surface area contributed by atoms with Gasteiger partial charge in [0.15, 0.2) is 0 Å². The van der Waals surface area contributed by atoms with Crippen molar-refractivity contribution in [2.75, 3.05) is 6.54 Å². The summed E-state index contributed by atoms with van der Waals surface area (Å²) in [5.74, 6) is -0.596. The normalized spacial score (nSPS) is 31.2. The first-order valence-electron chi connectivity index (χ1n) is 9.40. The number of hydrogen-bond acceptors (Lipinski definition) is 3. The number of carboxylic acid groups (broad SMARTS) is 1. The Morgan fingerprint density at radius 2 is 1.50 bits per heavy atom. The molecular formula is C18H28N2O4. The van der Waals surface area contributed by atoms with Gasteiger partial charge in [-0.1, -0.05) is 12.8 Å². The van der Waals surface area contributed by atoms with E-state index < -0.39 is 12.0 Å². The summed E-state index contributed by atoms with van der Waals surface area (Å²) in [6, 6.07) is -0.465. The van der Waals surface area contributed by atoms with Crippen LogP contribution >= 0.6 is 0 Å². The number of aliphatic carboxylic acids is 1. The van der Waals surface area contributed by atoms with E-state index in [9.17, 15) is 19.5 Å². The third kappa shape index (κ3) is 3.73. The van der Waals surface area contributed by atoms with Gasteiger partial charge < -0.3 is 15.3 Å². The molecular weight excluding hydrogens is 308 g/mol. The second-order valence-electron chi connectivity index (χ2n) is 7.57. The van der Waals surface area contributed by atoms with Crippen molar-refractivity contribution in [3.63, 3.8) is 0 Å². The van der Waals surface area contributed by atoms with Crippen molar-refractivity contribution in [1.82, 2.24) is 10.2 Å². The van der Waals surface area contributed by atoms with Crippen LogP contribution in [0.25, 0.3) is 0 Å². The van der Waals surface area contributed by atoms with Crippen LogP contribution in [0.5, 0.6) is 0 Å². The number of nitrogens with zero attached hydrogens (tertiary/aromatic N) is 1. The third-order valence-corrected chi connectivity index (χ3v) is 5.97. The van der Waals surface area contributed by atoms with Gasteiger partial charge in [0.2, 0.25) is 11.8 Å². The Balaban J connectivity index is 1.47. The molecule has 6 heteroatoms. The largest absolute Gasteiger partial charge is 0.480 e. The van der Waals surface area contributed by atoms with Crippen LogP contribution in [-0.4, -0.2) is 46.4 Å². The van der Waals surface area contributed by atoms with Gasteiger partial charge in [0.1, 0.15) is 6.04 Å². The summed E-state index contributed by atoms with van der Waals surface area (Å²) in [4.78, 5) is 37.6. The summed E-state index contributed by atoms with van der Waals surface area (Å²) in [5, 5.41) is 12.4. The molecule has 2 saturated carbocycles. The Kier molecular flexibility index (Phi) is 5.41. The van der Waals surface area contributed by atoms with Crippen LogP contribution in [0.2, 0.25) is 0 Å². The van der Waals surface area contributed by atoms with E-state index in [0.29, 0.717) is 13.0 Å². The summed E-state index contributed by atoms with van der Waals surface area (Å²) < 4.78 is 0. The van der Waals surface area contributed by atoms with Gasteiger partial charge in [-0.3, -0.25) is 9.59 Å². The quantitative estimate of drug-likeness (QED) is 0.821. The van der Waals surface area contributed by atoms with Gasteiger partial charge >= 0.3 is 5.97 Å². The molecule has 0 aromatic carbocycles. The Hall–Kier alpha value is -1.59. The van der Waals surface area contributed by atoms with Crippen LogP contribution in [0.15, 0.2) is 0 Å². The zero-order valence-corrected chi connectivity index (χ0v) is 14.2. The van der Waals surface area contributed by atoms with Crippen LogP contribution in [0.3, 0.4) is 0 Å². The van der Waals surface area contributed by atoms with Crippen molar-refractivity contribution in [2.24, 2.45) is 11.8 Å². The lowest BCUT2D eigenvalue weighted by Crippen LogP contribution is -2.46. The van der Waals surface area contributed by atoms with Crippen LogP contribution in [-0.2, 0) is 14.4 Å². The topological polar surface area (TPSA) is 86.7 Å². The van der Waals surface area contributed by atoms with Crippen LogP contribution in [0, 0.1) is 11.8 Å². The Morgan fingerprint density at radius 3 is 2.12 bits per heavy atom. The highest BCUT2D eigenvalue weighted by Gasteiger charge is 2.38. The van der Waals surface area contributed by atoms with Crippen LogP contribution in [0.1, 0.15) is 64.2 Å². The molecule has 3 aliphatic rings. The lowest BCUT2D eigenvalue weighted by molar-refractivity contribution is -0.150. The number of amides is 2. The van der Waals surface area contributed by atoms with E-state index >= 15 is 0 Å². The second-order valence-corrected chi connectivity index (χ2v) is 7.57. The molecule has 2 amide bonds. The molecule has 2 N–H and O–H groups in total. The molecule has 2 aliphatic carbocycles. The average molecular weight is 336 g/mol. The van der Waals surface area contributed by atoms with E-state index in [1.807, 2.05) is 0 Å². The van der Waals surface area contributed by atoms with Crippen molar-refractivity contribution < 1.29 is 19.5 Å². The second kappa shape index (κ2) is 7.53. The van der Waals surface area contributed by atoms with E-state index in [1.165, 1.54) is 0 Å². The summed E-state index contributed by atoms with van der Waals surface area (Å²) in [5.41, 5.74) is 0. The predicted molar refractivity (Wildman–Crippen MR) is 88.2 cm³/mol. The molecule has 0 spiro atoms. The first-order chi connectivity index (χ1) is 11.6. The van der Waals surface area contributed by atoms with Crippen molar-refractivity contribution >= 4 is 17.8 Å². The van der Waals surface area contributed by atoms with Crippen molar-refractivity contribution in [2.45, 2.75) is 76.3 Å². The fourth-order valence-electron chi connectivity index (χ4n) is 4.51. The van der Waals surface area contributed by atoms with Gasteiger partial charge in [-0.05, 0) is 51.4 Å². The number of carbonyl (C=O) groups excluding carboxylic acids is 2. The summed E-state index contributed by atoms with van der Waals surface area (Å²) in [7, 11) is 0. The first kappa shape index (κ1) is 17.2. The van der Waals surface area contributed by atoms with E-state index in [1.54, 1.807) is 4.90 Å². The zero-order valence-electron chi connectivity index (χ0n) is 14.2. The molecule has 134 valence electrons. The molecule has 0 bridgehead atoms. The van der Waals surface area contributed by atoms with Gasteiger partial charge in [-0.25, -0.2) is 4.79 Å². The number of carbonyl (C=O) groups is 3. The number of carboxylic acids is 1. The highest BCUT2D eigenvalue weighted by molar-refractivity contribution is 5.85. The van der Waals surface area contributed by atoms with Crippen molar-refractivity contribution in [1.29, 1.82) is 0 Å². The number of likely N-dealkylation sites (tertiary alicyclic amines) is 1.